The number of imidazole rings is 1. The predicted molar refractivity (Wildman–Crippen MR) is 76.0 cm³/mol. The number of rotatable bonds is 3. The molecule has 1 aliphatic heterocycles. The number of aromatic nitrogens is 4. The summed E-state index contributed by atoms with van der Waals surface area (Å²) in [6.45, 7) is 0.987. The summed E-state index contributed by atoms with van der Waals surface area (Å²) in [7, 11) is -1.72. The van der Waals surface area contributed by atoms with Crippen LogP contribution in [-0.4, -0.2) is 45.3 Å². The largest absolute Gasteiger partial charge is 0.339 e. The van der Waals surface area contributed by atoms with E-state index < -0.39 is 10.0 Å². The fraction of sp³-hybridized carbons (Fsp3) is 0.462. The number of hydrogen-bond donors (Lipinski definition) is 0. The van der Waals surface area contributed by atoms with Gasteiger partial charge in [0.15, 0.2) is 5.03 Å². The minimum absolute atomic E-state index is 0.116. The summed E-state index contributed by atoms with van der Waals surface area (Å²) in [5.41, 5.74) is 0.986. The van der Waals surface area contributed by atoms with E-state index in [9.17, 15) is 8.42 Å². The first-order valence-electron chi connectivity index (χ1n) is 6.81. The van der Waals surface area contributed by atoms with Gasteiger partial charge >= 0.3 is 0 Å². The zero-order valence-corrected chi connectivity index (χ0v) is 12.6. The molecular weight excluding hydrogens is 290 g/mol. The molecule has 2 aromatic rings. The SMILES string of the molecule is Cn1cnc(S(=O)(=O)N2CCC(c3ccncn3)CC2)c1. The number of hydrogen-bond acceptors (Lipinski definition) is 5. The molecule has 2 aromatic heterocycles. The average molecular weight is 307 g/mol. The summed E-state index contributed by atoms with van der Waals surface area (Å²) in [6, 6.07) is 1.90. The molecule has 0 atom stereocenters. The molecule has 1 aliphatic rings. The average Bonchev–Trinajstić information content (AvgIpc) is 2.96. The van der Waals surface area contributed by atoms with Crippen LogP contribution in [0.5, 0.6) is 0 Å². The first-order valence-corrected chi connectivity index (χ1v) is 8.25. The Bertz CT molecular complexity index is 705. The summed E-state index contributed by atoms with van der Waals surface area (Å²) in [6.07, 6.45) is 7.82. The molecular formula is C13H17N5O2S. The van der Waals surface area contributed by atoms with Crippen LogP contribution in [0.15, 0.2) is 36.1 Å². The van der Waals surface area contributed by atoms with Gasteiger partial charge in [0.2, 0.25) is 0 Å². The van der Waals surface area contributed by atoms with Gasteiger partial charge < -0.3 is 4.57 Å². The van der Waals surface area contributed by atoms with Crippen molar-refractivity contribution >= 4 is 10.0 Å². The molecule has 112 valence electrons. The maximum atomic E-state index is 12.5. The van der Waals surface area contributed by atoms with Gasteiger partial charge in [-0.15, -0.1) is 0 Å². The highest BCUT2D eigenvalue weighted by Gasteiger charge is 2.31. The smallest absolute Gasteiger partial charge is 0.262 e. The van der Waals surface area contributed by atoms with E-state index in [1.165, 1.54) is 23.2 Å². The Kier molecular flexibility index (Phi) is 3.73. The first kappa shape index (κ1) is 14.2. The number of nitrogens with zero attached hydrogens (tertiary/aromatic N) is 5. The molecule has 0 radical (unpaired) electrons. The van der Waals surface area contributed by atoms with Crippen molar-refractivity contribution in [1.29, 1.82) is 0 Å². The molecule has 0 unspecified atom stereocenters. The minimum atomic E-state index is -3.48. The van der Waals surface area contributed by atoms with Crippen molar-refractivity contribution in [2.24, 2.45) is 7.05 Å². The van der Waals surface area contributed by atoms with Gasteiger partial charge in [0.05, 0.1) is 6.33 Å². The summed E-state index contributed by atoms with van der Waals surface area (Å²) in [5.74, 6) is 0.295. The topological polar surface area (TPSA) is 81.0 Å². The van der Waals surface area contributed by atoms with Crippen molar-refractivity contribution in [1.82, 2.24) is 23.8 Å². The second kappa shape index (κ2) is 5.53. The summed E-state index contributed by atoms with van der Waals surface area (Å²) in [5, 5.41) is 0.116. The number of piperidine rings is 1. The van der Waals surface area contributed by atoms with Crippen LogP contribution in [0, 0.1) is 0 Å². The lowest BCUT2D eigenvalue weighted by molar-refractivity contribution is 0.316. The molecule has 0 spiro atoms. The lowest BCUT2D eigenvalue weighted by Gasteiger charge is -2.30. The fourth-order valence-corrected chi connectivity index (χ4v) is 4.02. The van der Waals surface area contributed by atoms with Crippen LogP contribution in [0.4, 0.5) is 0 Å². The van der Waals surface area contributed by atoms with E-state index in [2.05, 4.69) is 15.0 Å². The van der Waals surface area contributed by atoms with Gasteiger partial charge in [-0.2, -0.15) is 4.31 Å². The zero-order chi connectivity index (χ0) is 14.9. The Morgan fingerprint density at radius 1 is 1.24 bits per heavy atom. The second-order valence-corrected chi connectivity index (χ2v) is 7.07. The van der Waals surface area contributed by atoms with Crippen molar-refractivity contribution < 1.29 is 8.42 Å². The van der Waals surface area contributed by atoms with E-state index in [1.807, 2.05) is 6.07 Å². The van der Waals surface area contributed by atoms with E-state index in [1.54, 1.807) is 17.8 Å². The third-order valence-corrected chi connectivity index (χ3v) is 5.55. The van der Waals surface area contributed by atoms with Crippen LogP contribution in [0.3, 0.4) is 0 Å². The van der Waals surface area contributed by atoms with Crippen LogP contribution < -0.4 is 0 Å². The van der Waals surface area contributed by atoms with Gasteiger partial charge in [-0.25, -0.2) is 23.4 Å². The Morgan fingerprint density at radius 3 is 2.57 bits per heavy atom. The quantitative estimate of drug-likeness (QED) is 0.837. The number of aryl methyl sites for hydroxylation is 1. The maximum absolute atomic E-state index is 12.5. The van der Waals surface area contributed by atoms with Gasteiger partial charge in [-0.3, -0.25) is 0 Å². The van der Waals surface area contributed by atoms with E-state index >= 15 is 0 Å². The first-order chi connectivity index (χ1) is 10.1. The molecule has 3 rings (SSSR count). The predicted octanol–water partition coefficient (Wildman–Crippen LogP) is 0.778. The van der Waals surface area contributed by atoms with Crippen LogP contribution in [0.2, 0.25) is 0 Å². The van der Waals surface area contributed by atoms with E-state index in [0.717, 1.165) is 18.5 Å². The van der Waals surface area contributed by atoms with Gasteiger partial charge in [0.1, 0.15) is 6.33 Å². The monoisotopic (exact) mass is 307 g/mol. The van der Waals surface area contributed by atoms with Gasteiger partial charge in [0, 0.05) is 44.1 Å². The minimum Gasteiger partial charge on any atom is -0.339 e. The molecule has 7 nitrogen and oxygen atoms in total. The molecule has 0 aromatic carbocycles. The fourth-order valence-electron chi connectivity index (χ4n) is 2.59. The van der Waals surface area contributed by atoms with Crippen LogP contribution in [0.25, 0.3) is 0 Å². The molecule has 0 saturated carbocycles. The van der Waals surface area contributed by atoms with E-state index in [-0.39, 0.29) is 5.03 Å². The zero-order valence-electron chi connectivity index (χ0n) is 11.8. The van der Waals surface area contributed by atoms with Crippen molar-refractivity contribution in [3.8, 4) is 0 Å². The van der Waals surface area contributed by atoms with Gasteiger partial charge in [-0.1, -0.05) is 0 Å². The van der Waals surface area contributed by atoms with Crippen molar-refractivity contribution in [2.45, 2.75) is 23.8 Å². The van der Waals surface area contributed by atoms with Crippen LogP contribution in [-0.2, 0) is 17.1 Å². The third kappa shape index (κ3) is 2.81. The molecule has 0 N–H and O–H groups in total. The Balaban J connectivity index is 1.71. The molecule has 1 saturated heterocycles. The highest BCUT2D eigenvalue weighted by atomic mass is 32.2. The summed E-state index contributed by atoms with van der Waals surface area (Å²) in [4.78, 5) is 12.1. The summed E-state index contributed by atoms with van der Waals surface area (Å²) < 4.78 is 28.1. The lowest BCUT2D eigenvalue weighted by Crippen LogP contribution is -2.38. The lowest BCUT2D eigenvalue weighted by atomic mass is 9.94. The van der Waals surface area contributed by atoms with Gasteiger partial charge in [0.25, 0.3) is 10.0 Å². The molecule has 0 aliphatic carbocycles. The van der Waals surface area contributed by atoms with E-state index in [0.29, 0.717) is 19.0 Å². The maximum Gasteiger partial charge on any atom is 0.262 e. The molecule has 0 bridgehead atoms. The van der Waals surface area contributed by atoms with Gasteiger partial charge in [-0.05, 0) is 18.9 Å². The molecule has 21 heavy (non-hydrogen) atoms. The van der Waals surface area contributed by atoms with Crippen molar-refractivity contribution in [2.75, 3.05) is 13.1 Å². The third-order valence-electron chi connectivity index (χ3n) is 3.76. The standard InChI is InChI=1S/C13H17N5O2S/c1-17-8-13(16-10-17)21(19,20)18-6-3-11(4-7-18)12-2-5-14-9-15-12/h2,5,8-11H,3-4,6-7H2,1H3. The molecule has 1 fully saturated rings. The Morgan fingerprint density at radius 2 is 2.00 bits per heavy atom. The normalized spacial score (nSPS) is 18.0. The van der Waals surface area contributed by atoms with Crippen LogP contribution >= 0.6 is 0 Å². The molecule has 3 heterocycles. The van der Waals surface area contributed by atoms with E-state index in [4.69, 9.17) is 0 Å². The Labute approximate surface area is 123 Å². The van der Waals surface area contributed by atoms with Crippen LogP contribution in [0.1, 0.15) is 24.5 Å². The highest BCUT2D eigenvalue weighted by Crippen LogP contribution is 2.28. The summed E-state index contributed by atoms with van der Waals surface area (Å²) >= 11 is 0. The number of sulfonamides is 1. The molecule has 8 heteroatoms. The Hall–Kier alpha value is -1.80. The van der Waals surface area contributed by atoms with Crippen molar-refractivity contribution in [3.63, 3.8) is 0 Å². The molecule has 0 amide bonds. The second-order valence-electron chi connectivity index (χ2n) is 5.19. The highest BCUT2D eigenvalue weighted by molar-refractivity contribution is 7.89. The van der Waals surface area contributed by atoms with Crippen molar-refractivity contribution in [3.05, 3.63) is 36.8 Å².